The Labute approximate surface area is 129 Å². The van der Waals surface area contributed by atoms with E-state index in [1.165, 1.54) is 0 Å². The fourth-order valence-corrected chi connectivity index (χ4v) is 2.15. The third-order valence-corrected chi connectivity index (χ3v) is 3.51. The van der Waals surface area contributed by atoms with E-state index in [2.05, 4.69) is 47.9 Å². The third kappa shape index (κ3) is 5.50. The minimum atomic E-state index is 0.462. The van der Waals surface area contributed by atoms with Crippen molar-refractivity contribution >= 4 is 11.6 Å². The molecule has 0 saturated heterocycles. The van der Waals surface area contributed by atoms with Gasteiger partial charge in [-0.1, -0.05) is 13.8 Å². The maximum atomic E-state index is 5.46. The van der Waals surface area contributed by atoms with Gasteiger partial charge in [-0.25, -0.2) is 9.97 Å². The lowest BCUT2D eigenvalue weighted by Crippen LogP contribution is -2.33. The Kier molecular flexibility index (Phi) is 8.05. The Morgan fingerprint density at radius 1 is 1.24 bits per heavy atom. The molecule has 0 aromatic carbocycles. The molecule has 1 unspecified atom stereocenters. The van der Waals surface area contributed by atoms with Gasteiger partial charge >= 0.3 is 0 Å². The van der Waals surface area contributed by atoms with Gasteiger partial charge in [-0.15, -0.1) is 0 Å². The molecule has 1 heterocycles. The highest BCUT2D eigenvalue weighted by molar-refractivity contribution is 5.50. The van der Waals surface area contributed by atoms with Crippen LogP contribution in [0.4, 0.5) is 11.6 Å². The average Bonchev–Trinajstić information content (AvgIpc) is 2.51. The number of anilines is 2. The summed E-state index contributed by atoms with van der Waals surface area (Å²) in [5, 5.41) is 3.35. The highest BCUT2D eigenvalue weighted by Crippen LogP contribution is 2.20. The molecule has 1 aromatic rings. The number of rotatable bonds is 10. The molecule has 1 rings (SSSR count). The summed E-state index contributed by atoms with van der Waals surface area (Å²) in [5.41, 5.74) is 0. The lowest BCUT2D eigenvalue weighted by Gasteiger charge is -2.29. The lowest BCUT2D eigenvalue weighted by atomic mass is 10.2. The fraction of sp³-hybridized carbons (Fsp3) is 0.750. The second kappa shape index (κ2) is 9.55. The first-order valence-corrected chi connectivity index (χ1v) is 8.12. The minimum Gasteiger partial charge on any atom is -0.374 e. The standard InChI is InChI=1S/C16H30N4O/c1-6-10-17-14-11-16(20(8-3)13(5)7-2)19-15(18-14)12-21-9-4/h11,13H,6-10,12H2,1-5H3,(H,17,18,19). The monoisotopic (exact) mass is 294 g/mol. The van der Waals surface area contributed by atoms with Crippen molar-refractivity contribution in [1.29, 1.82) is 0 Å². The molecule has 5 nitrogen and oxygen atoms in total. The Hall–Kier alpha value is -1.36. The first-order chi connectivity index (χ1) is 10.2. The maximum Gasteiger partial charge on any atom is 0.158 e. The van der Waals surface area contributed by atoms with Crippen LogP contribution in [0.15, 0.2) is 6.07 Å². The van der Waals surface area contributed by atoms with E-state index in [0.717, 1.165) is 43.4 Å². The molecule has 1 atom stereocenters. The van der Waals surface area contributed by atoms with Crippen molar-refractivity contribution in [1.82, 2.24) is 9.97 Å². The van der Waals surface area contributed by atoms with Gasteiger partial charge < -0.3 is 15.0 Å². The van der Waals surface area contributed by atoms with Crippen LogP contribution in [0.1, 0.15) is 53.3 Å². The second-order valence-electron chi connectivity index (χ2n) is 5.13. The Bertz CT molecular complexity index is 385. The molecule has 120 valence electrons. The number of aromatic nitrogens is 2. The van der Waals surface area contributed by atoms with Crippen molar-refractivity contribution in [2.75, 3.05) is 29.9 Å². The molecule has 5 heteroatoms. The molecule has 0 saturated carbocycles. The van der Waals surface area contributed by atoms with E-state index in [1.807, 2.05) is 13.0 Å². The Morgan fingerprint density at radius 3 is 2.57 bits per heavy atom. The van der Waals surface area contributed by atoms with Crippen LogP contribution < -0.4 is 10.2 Å². The van der Waals surface area contributed by atoms with E-state index in [-0.39, 0.29) is 0 Å². The zero-order valence-corrected chi connectivity index (χ0v) is 14.1. The molecule has 0 fully saturated rings. The van der Waals surface area contributed by atoms with Crippen molar-refractivity contribution in [3.05, 3.63) is 11.9 Å². The molecule has 0 radical (unpaired) electrons. The number of hydrogen-bond donors (Lipinski definition) is 1. The zero-order valence-electron chi connectivity index (χ0n) is 14.1. The maximum absolute atomic E-state index is 5.46. The van der Waals surface area contributed by atoms with Crippen LogP contribution in [0.3, 0.4) is 0 Å². The molecule has 1 N–H and O–H groups in total. The van der Waals surface area contributed by atoms with Crippen molar-refractivity contribution in [3.8, 4) is 0 Å². The fourth-order valence-electron chi connectivity index (χ4n) is 2.15. The van der Waals surface area contributed by atoms with Crippen LogP contribution in [0, 0.1) is 0 Å². The summed E-state index contributed by atoms with van der Waals surface area (Å²) < 4.78 is 5.46. The lowest BCUT2D eigenvalue weighted by molar-refractivity contribution is 0.128. The van der Waals surface area contributed by atoms with E-state index < -0.39 is 0 Å². The molecule has 1 aromatic heterocycles. The van der Waals surface area contributed by atoms with Crippen LogP contribution in [0.2, 0.25) is 0 Å². The SMILES string of the molecule is CCCNc1cc(N(CC)C(C)CC)nc(COCC)n1. The Morgan fingerprint density at radius 2 is 2.00 bits per heavy atom. The van der Waals surface area contributed by atoms with E-state index >= 15 is 0 Å². The highest BCUT2D eigenvalue weighted by atomic mass is 16.5. The van der Waals surface area contributed by atoms with E-state index in [9.17, 15) is 0 Å². The first-order valence-electron chi connectivity index (χ1n) is 8.12. The normalized spacial score (nSPS) is 12.2. The molecule has 0 bridgehead atoms. The largest absolute Gasteiger partial charge is 0.374 e. The number of hydrogen-bond acceptors (Lipinski definition) is 5. The predicted octanol–water partition coefficient (Wildman–Crippen LogP) is 3.46. The average molecular weight is 294 g/mol. The van der Waals surface area contributed by atoms with E-state index in [4.69, 9.17) is 4.74 Å². The van der Waals surface area contributed by atoms with Gasteiger partial charge in [0.25, 0.3) is 0 Å². The quantitative estimate of drug-likeness (QED) is 0.716. The van der Waals surface area contributed by atoms with Crippen molar-refractivity contribution < 1.29 is 4.74 Å². The van der Waals surface area contributed by atoms with Crippen molar-refractivity contribution in [2.45, 2.75) is 60.1 Å². The highest BCUT2D eigenvalue weighted by Gasteiger charge is 2.15. The van der Waals surface area contributed by atoms with E-state index in [0.29, 0.717) is 19.3 Å². The number of nitrogens with one attached hydrogen (secondary N) is 1. The summed E-state index contributed by atoms with van der Waals surface area (Å²) in [5.74, 6) is 2.61. The summed E-state index contributed by atoms with van der Waals surface area (Å²) in [6, 6.07) is 2.50. The molecule has 21 heavy (non-hydrogen) atoms. The first kappa shape index (κ1) is 17.7. The summed E-state index contributed by atoms with van der Waals surface area (Å²) in [7, 11) is 0. The molecular weight excluding hydrogens is 264 g/mol. The summed E-state index contributed by atoms with van der Waals surface area (Å²) >= 11 is 0. The summed E-state index contributed by atoms with van der Waals surface area (Å²) in [4.78, 5) is 11.5. The van der Waals surface area contributed by atoms with Crippen molar-refractivity contribution in [3.63, 3.8) is 0 Å². The molecular formula is C16H30N4O. The van der Waals surface area contributed by atoms with Gasteiger partial charge in [0.15, 0.2) is 5.82 Å². The van der Waals surface area contributed by atoms with Gasteiger partial charge in [0.05, 0.1) is 0 Å². The van der Waals surface area contributed by atoms with Crippen LogP contribution in [0.25, 0.3) is 0 Å². The smallest absolute Gasteiger partial charge is 0.158 e. The predicted molar refractivity (Wildman–Crippen MR) is 88.9 cm³/mol. The van der Waals surface area contributed by atoms with Gasteiger partial charge in [0.2, 0.25) is 0 Å². The molecule has 0 aliphatic carbocycles. The third-order valence-electron chi connectivity index (χ3n) is 3.51. The summed E-state index contributed by atoms with van der Waals surface area (Å²) in [6.45, 7) is 13.7. The molecule has 0 spiro atoms. The van der Waals surface area contributed by atoms with Crippen LogP contribution in [-0.2, 0) is 11.3 Å². The van der Waals surface area contributed by atoms with Gasteiger partial charge in [0.1, 0.15) is 18.2 Å². The van der Waals surface area contributed by atoms with Gasteiger partial charge in [-0.05, 0) is 33.6 Å². The minimum absolute atomic E-state index is 0.462. The molecule has 0 aliphatic rings. The van der Waals surface area contributed by atoms with Crippen molar-refractivity contribution in [2.24, 2.45) is 0 Å². The van der Waals surface area contributed by atoms with Crippen LogP contribution >= 0.6 is 0 Å². The van der Waals surface area contributed by atoms with Gasteiger partial charge in [0, 0.05) is 31.8 Å². The van der Waals surface area contributed by atoms with Crippen LogP contribution in [-0.4, -0.2) is 35.7 Å². The van der Waals surface area contributed by atoms with Crippen LogP contribution in [0.5, 0.6) is 0 Å². The number of ether oxygens (including phenoxy) is 1. The molecule has 0 amide bonds. The number of nitrogens with zero attached hydrogens (tertiary/aromatic N) is 3. The Balaban J connectivity index is 3.03. The second-order valence-corrected chi connectivity index (χ2v) is 5.13. The summed E-state index contributed by atoms with van der Waals surface area (Å²) in [6.07, 6.45) is 2.17. The molecule has 0 aliphatic heterocycles. The topological polar surface area (TPSA) is 50.3 Å². The van der Waals surface area contributed by atoms with E-state index in [1.54, 1.807) is 0 Å². The van der Waals surface area contributed by atoms with Gasteiger partial charge in [-0.2, -0.15) is 0 Å². The zero-order chi connectivity index (χ0) is 15.7. The van der Waals surface area contributed by atoms with Gasteiger partial charge in [-0.3, -0.25) is 0 Å².